The third kappa shape index (κ3) is 3.13. The molecule has 0 spiro atoms. The maximum atomic E-state index is 11.5. The van der Waals surface area contributed by atoms with Gasteiger partial charge >= 0.3 is 5.97 Å². The Morgan fingerprint density at radius 1 is 0.895 bits per heavy atom. The second kappa shape index (κ2) is 5.82. The summed E-state index contributed by atoms with van der Waals surface area (Å²) in [6, 6.07) is 0.351. The van der Waals surface area contributed by atoms with Gasteiger partial charge in [0.15, 0.2) is 0 Å². The Balaban J connectivity index is 1.67. The van der Waals surface area contributed by atoms with Crippen molar-refractivity contribution in [2.45, 2.75) is 76.3 Å². The summed E-state index contributed by atoms with van der Waals surface area (Å²) in [5, 5.41) is 9.51. The van der Waals surface area contributed by atoms with Crippen LogP contribution < -0.4 is 0 Å². The monoisotopic (exact) mass is 265 g/mol. The van der Waals surface area contributed by atoms with Gasteiger partial charge in [-0.15, -0.1) is 0 Å². The molecule has 1 heterocycles. The molecular formula is C16H27NO2. The molecule has 1 N–H and O–H groups in total. The van der Waals surface area contributed by atoms with Crippen LogP contribution in [0.1, 0.15) is 64.2 Å². The number of rotatable bonds is 3. The van der Waals surface area contributed by atoms with E-state index in [-0.39, 0.29) is 6.04 Å². The van der Waals surface area contributed by atoms with Crippen LogP contribution in [0.2, 0.25) is 0 Å². The third-order valence-electron chi connectivity index (χ3n) is 5.52. The second-order valence-electron chi connectivity index (χ2n) is 6.86. The van der Waals surface area contributed by atoms with E-state index in [1.807, 2.05) is 0 Å². The van der Waals surface area contributed by atoms with E-state index in [4.69, 9.17) is 0 Å². The third-order valence-corrected chi connectivity index (χ3v) is 5.52. The summed E-state index contributed by atoms with van der Waals surface area (Å²) in [6.07, 6.45) is 12.4. The molecule has 0 amide bonds. The minimum Gasteiger partial charge on any atom is -0.480 e. The van der Waals surface area contributed by atoms with Gasteiger partial charge in [0.05, 0.1) is 0 Å². The van der Waals surface area contributed by atoms with Crippen molar-refractivity contribution in [1.29, 1.82) is 0 Å². The SMILES string of the molecule is O=C(O)C1CCCCCN1C1CCCC(C2CC2)C1. The lowest BCUT2D eigenvalue weighted by molar-refractivity contribution is -0.145. The molecule has 2 saturated carbocycles. The van der Waals surface area contributed by atoms with Crippen molar-refractivity contribution in [2.75, 3.05) is 6.54 Å². The molecule has 3 unspecified atom stereocenters. The van der Waals surface area contributed by atoms with Gasteiger partial charge in [-0.3, -0.25) is 9.69 Å². The summed E-state index contributed by atoms with van der Waals surface area (Å²) in [4.78, 5) is 13.9. The van der Waals surface area contributed by atoms with Crippen LogP contribution in [0.25, 0.3) is 0 Å². The molecule has 3 fully saturated rings. The predicted molar refractivity (Wildman–Crippen MR) is 75.1 cm³/mol. The summed E-state index contributed by atoms with van der Waals surface area (Å²) in [6.45, 7) is 1.01. The highest BCUT2D eigenvalue weighted by molar-refractivity contribution is 5.73. The van der Waals surface area contributed by atoms with Gasteiger partial charge < -0.3 is 5.11 Å². The van der Waals surface area contributed by atoms with E-state index in [0.717, 1.165) is 31.2 Å². The maximum absolute atomic E-state index is 11.5. The van der Waals surface area contributed by atoms with E-state index in [1.54, 1.807) is 0 Å². The molecule has 0 bridgehead atoms. The lowest BCUT2D eigenvalue weighted by Gasteiger charge is -2.40. The smallest absolute Gasteiger partial charge is 0.320 e. The van der Waals surface area contributed by atoms with Gasteiger partial charge in [-0.1, -0.05) is 25.7 Å². The van der Waals surface area contributed by atoms with E-state index in [0.29, 0.717) is 6.04 Å². The number of carboxylic acid groups (broad SMARTS) is 1. The lowest BCUT2D eigenvalue weighted by Crippen LogP contribution is -2.48. The highest BCUT2D eigenvalue weighted by Crippen LogP contribution is 2.45. The van der Waals surface area contributed by atoms with Crippen LogP contribution in [0.5, 0.6) is 0 Å². The van der Waals surface area contributed by atoms with Crippen molar-refractivity contribution in [1.82, 2.24) is 4.90 Å². The Bertz CT molecular complexity index is 327. The molecule has 3 aliphatic rings. The van der Waals surface area contributed by atoms with Gasteiger partial charge in [0, 0.05) is 6.04 Å². The van der Waals surface area contributed by atoms with Crippen molar-refractivity contribution in [2.24, 2.45) is 11.8 Å². The van der Waals surface area contributed by atoms with Crippen LogP contribution in [-0.2, 0) is 4.79 Å². The van der Waals surface area contributed by atoms with Crippen LogP contribution in [0, 0.1) is 11.8 Å². The second-order valence-corrected chi connectivity index (χ2v) is 6.86. The van der Waals surface area contributed by atoms with Crippen LogP contribution in [0.3, 0.4) is 0 Å². The van der Waals surface area contributed by atoms with Gasteiger partial charge in [0.25, 0.3) is 0 Å². The van der Waals surface area contributed by atoms with Gasteiger partial charge in [-0.05, 0) is 56.9 Å². The minimum atomic E-state index is -0.588. The zero-order valence-electron chi connectivity index (χ0n) is 11.9. The van der Waals surface area contributed by atoms with Crippen molar-refractivity contribution >= 4 is 5.97 Å². The lowest BCUT2D eigenvalue weighted by atomic mass is 9.81. The molecule has 3 atom stereocenters. The molecule has 3 rings (SSSR count). The highest BCUT2D eigenvalue weighted by Gasteiger charge is 2.39. The quantitative estimate of drug-likeness (QED) is 0.851. The van der Waals surface area contributed by atoms with E-state index < -0.39 is 5.97 Å². The summed E-state index contributed by atoms with van der Waals surface area (Å²) < 4.78 is 0. The Morgan fingerprint density at radius 2 is 1.74 bits per heavy atom. The molecule has 1 aliphatic heterocycles. The molecule has 108 valence electrons. The molecule has 3 nitrogen and oxygen atoms in total. The van der Waals surface area contributed by atoms with Crippen LogP contribution in [0.4, 0.5) is 0 Å². The Labute approximate surface area is 116 Å². The van der Waals surface area contributed by atoms with Crippen LogP contribution in [0.15, 0.2) is 0 Å². The molecule has 1 saturated heterocycles. The topological polar surface area (TPSA) is 40.5 Å². The Hall–Kier alpha value is -0.570. The number of likely N-dealkylation sites (tertiary alicyclic amines) is 1. The maximum Gasteiger partial charge on any atom is 0.320 e. The van der Waals surface area contributed by atoms with Crippen molar-refractivity contribution in [3.63, 3.8) is 0 Å². The summed E-state index contributed by atoms with van der Waals surface area (Å²) in [7, 11) is 0. The first-order valence-corrected chi connectivity index (χ1v) is 8.24. The number of hydrogen-bond acceptors (Lipinski definition) is 2. The van der Waals surface area contributed by atoms with Gasteiger partial charge in [-0.2, -0.15) is 0 Å². The van der Waals surface area contributed by atoms with E-state index >= 15 is 0 Å². The first kappa shape index (κ1) is 13.4. The van der Waals surface area contributed by atoms with Crippen molar-refractivity contribution < 1.29 is 9.90 Å². The normalized spacial score (nSPS) is 37.8. The first-order chi connectivity index (χ1) is 9.25. The van der Waals surface area contributed by atoms with Crippen molar-refractivity contribution in [3.8, 4) is 0 Å². The summed E-state index contributed by atoms with van der Waals surface area (Å²) in [5.41, 5.74) is 0. The molecule has 0 aromatic carbocycles. The zero-order chi connectivity index (χ0) is 13.2. The minimum absolute atomic E-state index is 0.203. The highest BCUT2D eigenvalue weighted by atomic mass is 16.4. The van der Waals surface area contributed by atoms with Crippen LogP contribution >= 0.6 is 0 Å². The predicted octanol–water partition coefficient (Wildman–Crippen LogP) is 3.28. The standard InChI is InChI=1S/C16H27NO2/c18-16(19)15-7-2-1-3-10-17(15)14-6-4-5-13(11-14)12-8-9-12/h12-15H,1-11H2,(H,18,19). The number of carbonyl (C=O) groups is 1. The zero-order valence-corrected chi connectivity index (χ0v) is 11.9. The molecule has 2 aliphatic carbocycles. The van der Waals surface area contributed by atoms with E-state index in [2.05, 4.69) is 4.90 Å². The molecule has 19 heavy (non-hydrogen) atoms. The van der Waals surface area contributed by atoms with Gasteiger partial charge in [-0.25, -0.2) is 0 Å². The van der Waals surface area contributed by atoms with Crippen molar-refractivity contribution in [3.05, 3.63) is 0 Å². The fraction of sp³-hybridized carbons (Fsp3) is 0.938. The van der Waals surface area contributed by atoms with E-state index in [9.17, 15) is 9.90 Å². The van der Waals surface area contributed by atoms with Crippen LogP contribution in [-0.4, -0.2) is 34.6 Å². The average Bonchev–Trinajstić information content (AvgIpc) is 3.25. The fourth-order valence-corrected chi connectivity index (χ4v) is 4.33. The first-order valence-electron chi connectivity index (χ1n) is 8.24. The number of nitrogens with zero attached hydrogens (tertiary/aromatic N) is 1. The van der Waals surface area contributed by atoms with Gasteiger partial charge in [0.1, 0.15) is 6.04 Å². The number of carboxylic acids is 1. The average molecular weight is 265 g/mol. The van der Waals surface area contributed by atoms with Gasteiger partial charge in [0.2, 0.25) is 0 Å². The molecule has 0 radical (unpaired) electrons. The molecule has 0 aromatic rings. The number of hydrogen-bond donors (Lipinski definition) is 1. The Kier molecular flexibility index (Phi) is 4.11. The molecular weight excluding hydrogens is 238 g/mol. The molecule has 3 heteroatoms. The largest absolute Gasteiger partial charge is 0.480 e. The number of aliphatic carboxylic acids is 1. The van der Waals surface area contributed by atoms with E-state index in [1.165, 1.54) is 51.4 Å². The Morgan fingerprint density at radius 3 is 2.47 bits per heavy atom. The molecule has 0 aromatic heterocycles. The fourth-order valence-electron chi connectivity index (χ4n) is 4.33. The summed E-state index contributed by atoms with van der Waals surface area (Å²) >= 11 is 0. The summed E-state index contributed by atoms with van der Waals surface area (Å²) in [5.74, 6) is 1.30.